The van der Waals surface area contributed by atoms with Gasteiger partial charge in [-0.25, -0.2) is 4.39 Å². The van der Waals surface area contributed by atoms with Crippen LogP contribution in [0.1, 0.15) is 46.0 Å². The Labute approximate surface area is 131 Å². The van der Waals surface area contributed by atoms with Crippen molar-refractivity contribution in [3.05, 3.63) is 30.1 Å². The highest BCUT2D eigenvalue weighted by Crippen LogP contribution is 2.46. The first-order valence-electron chi connectivity index (χ1n) is 8.23. The van der Waals surface area contributed by atoms with E-state index in [4.69, 9.17) is 4.74 Å². The number of hydrogen-bond acceptors (Lipinski definition) is 2. The molecule has 3 nitrogen and oxygen atoms in total. The molecule has 0 N–H and O–H groups in total. The van der Waals surface area contributed by atoms with Crippen molar-refractivity contribution in [3.63, 3.8) is 0 Å². The van der Waals surface area contributed by atoms with Crippen molar-refractivity contribution in [1.29, 1.82) is 0 Å². The molecule has 1 saturated carbocycles. The Hall–Kier alpha value is -1.42. The first-order valence-corrected chi connectivity index (χ1v) is 8.23. The van der Waals surface area contributed by atoms with Crippen molar-refractivity contribution in [2.75, 3.05) is 11.4 Å². The largest absolute Gasteiger partial charge is 0.376 e. The van der Waals surface area contributed by atoms with Gasteiger partial charge in [0.15, 0.2) is 0 Å². The van der Waals surface area contributed by atoms with Gasteiger partial charge in [-0.15, -0.1) is 0 Å². The topological polar surface area (TPSA) is 29.5 Å². The number of nitrogens with zero attached hydrogens (tertiary/aromatic N) is 1. The third-order valence-corrected chi connectivity index (χ3v) is 5.01. The van der Waals surface area contributed by atoms with E-state index in [1.54, 1.807) is 12.1 Å². The highest BCUT2D eigenvalue weighted by molar-refractivity contribution is 5.99. The van der Waals surface area contributed by atoms with Crippen LogP contribution in [-0.4, -0.2) is 24.7 Å². The molecule has 3 rings (SSSR count). The van der Waals surface area contributed by atoms with Crippen molar-refractivity contribution >= 4 is 11.6 Å². The number of halogens is 1. The van der Waals surface area contributed by atoms with Gasteiger partial charge in [0.2, 0.25) is 5.91 Å². The number of carbonyl (C=O) groups is 1. The van der Waals surface area contributed by atoms with Crippen molar-refractivity contribution < 1.29 is 13.9 Å². The van der Waals surface area contributed by atoms with Crippen molar-refractivity contribution in [2.45, 2.75) is 58.2 Å². The molecule has 22 heavy (non-hydrogen) atoms. The Kier molecular flexibility index (Phi) is 4.22. The molecule has 0 bridgehead atoms. The molecule has 1 aliphatic heterocycles. The number of amides is 1. The van der Waals surface area contributed by atoms with Crippen LogP contribution in [0, 0.1) is 11.2 Å². The lowest BCUT2D eigenvalue weighted by Gasteiger charge is -2.36. The zero-order valence-corrected chi connectivity index (χ0v) is 13.3. The molecule has 1 amide bonds. The molecule has 2 aliphatic rings. The fraction of sp³-hybridized carbons (Fsp3) is 0.611. The van der Waals surface area contributed by atoms with Crippen LogP contribution in [-0.2, 0) is 9.53 Å². The normalized spacial score (nSPS) is 28.8. The Balaban J connectivity index is 1.68. The Morgan fingerprint density at radius 1 is 1.18 bits per heavy atom. The summed E-state index contributed by atoms with van der Waals surface area (Å²) in [5.41, 5.74) is 0.592. The zero-order valence-electron chi connectivity index (χ0n) is 13.3. The van der Waals surface area contributed by atoms with Crippen LogP contribution < -0.4 is 4.90 Å². The summed E-state index contributed by atoms with van der Waals surface area (Å²) in [5.74, 6) is -0.0569. The van der Waals surface area contributed by atoms with E-state index in [0.29, 0.717) is 6.10 Å². The molecule has 1 saturated heterocycles. The molecule has 1 aromatic carbocycles. The Bertz CT molecular complexity index is 533. The first-order chi connectivity index (χ1) is 10.5. The molecule has 1 spiro atoms. The zero-order chi connectivity index (χ0) is 15.7. The molecule has 2 fully saturated rings. The maximum atomic E-state index is 13.0. The summed E-state index contributed by atoms with van der Waals surface area (Å²) in [4.78, 5) is 14.7. The molecule has 4 heteroatoms. The third kappa shape index (κ3) is 2.89. The first kappa shape index (κ1) is 15.5. The van der Waals surface area contributed by atoms with E-state index in [2.05, 4.69) is 13.8 Å². The van der Waals surface area contributed by atoms with Crippen molar-refractivity contribution in [3.8, 4) is 0 Å². The van der Waals surface area contributed by atoms with Gasteiger partial charge < -0.3 is 9.64 Å². The van der Waals surface area contributed by atoms with Crippen LogP contribution in [0.15, 0.2) is 24.3 Å². The standard InChI is InChI=1S/C18H24FNO2/c1-13(2)22-16-7-9-18(10-8-16)11-12-20(17(18)21)15-5-3-14(19)4-6-15/h3-6,13,16H,7-12H2,1-2H3. The molecule has 1 heterocycles. The number of hydrogen-bond donors (Lipinski definition) is 0. The highest BCUT2D eigenvalue weighted by Gasteiger charge is 2.48. The molecule has 0 unspecified atom stereocenters. The smallest absolute Gasteiger partial charge is 0.233 e. The van der Waals surface area contributed by atoms with Crippen LogP contribution in [0.3, 0.4) is 0 Å². The fourth-order valence-corrected chi connectivity index (χ4v) is 3.82. The predicted molar refractivity (Wildman–Crippen MR) is 84.3 cm³/mol. The monoisotopic (exact) mass is 305 g/mol. The second-order valence-corrected chi connectivity index (χ2v) is 6.85. The molecule has 0 aromatic heterocycles. The van der Waals surface area contributed by atoms with Gasteiger partial charge in [0.1, 0.15) is 5.82 Å². The summed E-state index contributed by atoms with van der Waals surface area (Å²) in [6, 6.07) is 6.22. The summed E-state index contributed by atoms with van der Waals surface area (Å²) in [6.07, 6.45) is 5.16. The summed E-state index contributed by atoms with van der Waals surface area (Å²) in [6.45, 7) is 4.85. The lowest BCUT2D eigenvalue weighted by molar-refractivity contribution is -0.129. The Morgan fingerprint density at radius 3 is 2.41 bits per heavy atom. The van der Waals surface area contributed by atoms with Gasteiger partial charge in [-0.2, -0.15) is 0 Å². The van der Waals surface area contributed by atoms with Gasteiger partial charge in [0.05, 0.1) is 17.6 Å². The van der Waals surface area contributed by atoms with Gasteiger partial charge in [-0.3, -0.25) is 4.79 Å². The van der Waals surface area contributed by atoms with E-state index in [9.17, 15) is 9.18 Å². The SMILES string of the molecule is CC(C)OC1CCC2(CC1)CCN(c1ccc(F)cc1)C2=O. The van der Waals surface area contributed by atoms with E-state index in [1.807, 2.05) is 4.90 Å². The molecule has 0 atom stereocenters. The molecular formula is C18H24FNO2. The molecule has 1 aromatic rings. The van der Waals surface area contributed by atoms with Crippen LogP contribution in [0.4, 0.5) is 10.1 Å². The number of benzene rings is 1. The average Bonchev–Trinajstić information content (AvgIpc) is 2.80. The predicted octanol–water partition coefficient (Wildman–Crippen LogP) is 3.92. The summed E-state index contributed by atoms with van der Waals surface area (Å²) < 4.78 is 18.9. The van der Waals surface area contributed by atoms with Gasteiger partial charge in [0.25, 0.3) is 0 Å². The second-order valence-electron chi connectivity index (χ2n) is 6.85. The van der Waals surface area contributed by atoms with Gasteiger partial charge in [-0.1, -0.05) is 0 Å². The lowest BCUT2D eigenvalue weighted by atomic mass is 9.72. The molecular weight excluding hydrogens is 281 g/mol. The minimum absolute atomic E-state index is 0.210. The molecule has 0 radical (unpaired) electrons. The molecule has 1 aliphatic carbocycles. The van der Waals surface area contributed by atoms with Gasteiger partial charge in [-0.05, 0) is 70.2 Å². The third-order valence-electron chi connectivity index (χ3n) is 5.01. The van der Waals surface area contributed by atoms with E-state index >= 15 is 0 Å². The number of ether oxygens (including phenoxy) is 1. The quantitative estimate of drug-likeness (QED) is 0.847. The maximum Gasteiger partial charge on any atom is 0.233 e. The van der Waals surface area contributed by atoms with Crippen LogP contribution in [0.5, 0.6) is 0 Å². The van der Waals surface area contributed by atoms with Crippen molar-refractivity contribution in [2.24, 2.45) is 5.41 Å². The maximum absolute atomic E-state index is 13.0. The summed E-state index contributed by atoms with van der Waals surface area (Å²) in [7, 11) is 0. The minimum Gasteiger partial charge on any atom is -0.376 e. The molecule has 120 valence electrons. The highest BCUT2D eigenvalue weighted by atomic mass is 19.1. The van der Waals surface area contributed by atoms with Gasteiger partial charge >= 0.3 is 0 Å². The minimum atomic E-state index is -0.267. The van der Waals surface area contributed by atoms with E-state index in [0.717, 1.165) is 44.3 Å². The van der Waals surface area contributed by atoms with Gasteiger partial charge in [0, 0.05) is 12.2 Å². The van der Waals surface area contributed by atoms with Crippen molar-refractivity contribution in [1.82, 2.24) is 0 Å². The average molecular weight is 305 g/mol. The van der Waals surface area contributed by atoms with Crippen LogP contribution in [0.25, 0.3) is 0 Å². The number of carbonyl (C=O) groups excluding carboxylic acids is 1. The fourth-order valence-electron chi connectivity index (χ4n) is 3.82. The van der Waals surface area contributed by atoms with E-state index in [-0.39, 0.29) is 23.2 Å². The number of anilines is 1. The summed E-state index contributed by atoms with van der Waals surface area (Å²) >= 11 is 0. The van der Waals surface area contributed by atoms with E-state index < -0.39 is 0 Å². The summed E-state index contributed by atoms with van der Waals surface area (Å²) in [5, 5.41) is 0. The Morgan fingerprint density at radius 2 is 1.82 bits per heavy atom. The van der Waals surface area contributed by atoms with Crippen LogP contribution in [0.2, 0.25) is 0 Å². The lowest BCUT2D eigenvalue weighted by Crippen LogP contribution is -2.39. The second kappa shape index (κ2) is 5.99. The van der Waals surface area contributed by atoms with E-state index in [1.165, 1.54) is 12.1 Å². The van der Waals surface area contributed by atoms with Crippen LogP contribution >= 0.6 is 0 Å². The number of rotatable bonds is 3.